The van der Waals surface area contributed by atoms with Crippen molar-refractivity contribution in [3.63, 3.8) is 0 Å². The smallest absolute Gasteiger partial charge is 0.234 e. The second kappa shape index (κ2) is 6.60. The van der Waals surface area contributed by atoms with Gasteiger partial charge in [-0.3, -0.25) is 9.59 Å². The van der Waals surface area contributed by atoms with E-state index in [9.17, 15) is 9.59 Å². The summed E-state index contributed by atoms with van der Waals surface area (Å²) in [5, 5.41) is 5.26. The van der Waals surface area contributed by atoms with E-state index in [1.807, 2.05) is 13.8 Å². The van der Waals surface area contributed by atoms with Gasteiger partial charge in [0.1, 0.15) is 0 Å². The van der Waals surface area contributed by atoms with Crippen molar-refractivity contribution >= 4 is 11.7 Å². The third-order valence-corrected chi connectivity index (χ3v) is 1.96. The SMILES string of the molecule is CCC(C)C(=O)CNC(=O)CNC. The van der Waals surface area contributed by atoms with Crippen LogP contribution in [0.2, 0.25) is 0 Å². The molecule has 0 radical (unpaired) electrons. The third-order valence-electron chi connectivity index (χ3n) is 1.96. The molecule has 76 valence electrons. The first-order chi connectivity index (χ1) is 6.11. The van der Waals surface area contributed by atoms with Crippen LogP contribution in [0.3, 0.4) is 0 Å². The molecule has 1 amide bonds. The van der Waals surface area contributed by atoms with Gasteiger partial charge < -0.3 is 10.6 Å². The molecule has 0 aliphatic carbocycles. The Morgan fingerprint density at radius 3 is 2.38 bits per heavy atom. The number of amides is 1. The number of ketones is 1. The summed E-state index contributed by atoms with van der Waals surface area (Å²) in [5.41, 5.74) is 0. The maximum atomic E-state index is 11.2. The van der Waals surface area contributed by atoms with Gasteiger partial charge in [-0.2, -0.15) is 0 Å². The normalized spacial score (nSPS) is 12.2. The molecular weight excluding hydrogens is 168 g/mol. The quantitative estimate of drug-likeness (QED) is 0.611. The molecule has 0 heterocycles. The Morgan fingerprint density at radius 2 is 1.92 bits per heavy atom. The highest BCUT2D eigenvalue weighted by Crippen LogP contribution is 2.00. The zero-order valence-corrected chi connectivity index (χ0v) is 8.52. The van der Waals surface area contributed by atoms with Crippen molar-refractivity contribution in [2.75, 3.05) is 20.1 Å². The summed E-state index contributed by atoms with van der Waals surface area (Å²) in [6.07, 6.45) is 0.820. The number of nitrogens with one attached hydrogen (secondary N) is 2. The van der Waals surface area contributed by atoms with Crippen molar-refractivity contribution in [3.8, 4) is 0 Å². The van der Waals surface area contributed by atoms with Gasteiger partial charge in [0.05, 0.1) is 13.1 Å². The Balaban J connectivity index is 3.63. The first kappa shape index (κ1) is 12.1. The number of hydrogen-bond acceptors (Lipinski definition) is 3. The van der Waals surface area contributed by atoms with Crippen molar-refractivity contribution < 1.29 is 9.59 Å². The molecular formula is C9H18N2O2. The number of rotatable bonds is 6. The van der Waals surface area contributed by atoms with Crippen LogP contribution in [0.4, 0.5) is 0 Å². The summed E-state index contributed by atoms with van der Waals surface area (Å²) in [4.78, 5) is 22.2. The van der Waals surface area contributed by atoms with Crippen LogP contribution in [0, 0.1) is 5.92 Å². The van der Waals surface area contributed by atoms with Crippen molar-refractivity contribution in [1.29, 1.82) is 0 Å². The van der Waals surface area contributed by atoms with Crippen molar-refractivity contribution in [1.82, 2.24) is 10.6 Å². The van der Waals surface area contributed by atoms with Crippen molar-refractivity contribution in [2.45, 2.75) is 20.3 Å². The number of carbonyl (C=O) groups excluding carboxylic acids is 2. The van der Waals surface area contributed by atoms with E-state index < -0.39 is 0 Å². The summed E-state index contributed by atoms with van der Waals surface area (Å²) in [6.45, 7) is 4.23. The summed E-state index contributed by atoms with van der Waals surface area (Å²) >= 11 is 0. The molecule has 1 atom stereocenters. The van der Waals surface area contributed by atoms with Gasteiger partial charge in [0.25, 0.3) is 0 Å². The molecule has 0 aliphatic rings. The molecule has 0 aliphatic heterocycles. The second-order valence-corrected chi connectivity index (χ2v) is 3.08. The zero-order chi connectivity index (χ0) is 10.3. The average molecular weight is 186 g/mol. The molecule has 0 aromatic heterocycles. The highest BCUT2D eigenvalue weighted by Gasteiger charge is 2.10. The number of Topliss-reactive ketones (excluding diaryl/α,β-unsaturated/α-hetero) is 1. The Bertz CT molecular complexity index is 180. The van der Waals surface area contributed by atoms with E-state index in [0.29, 0.717) is 0 Å². The van der Waals surface area contributed by atoms with Crippen LogP contribution in [0.5, 0.6) is 0 Å². The van der Waals surface area contributed by atoms with Gasteiger partial charge >= 0.3 is 0 Å². The molecule has 13 heavy (non-hydrogen) atoms. The molecule has 2 N–H and O–H groups in total. The average Bonchev–Trinajstić information content (AvgIpc) is 2.13. The van der Waals surface area contributed by atoms with Gasteiger partial charge in [0.15, 0.2) is 5.78 Å². The Hall–Kier alpha value is -0.900. The monoisotopic (exact) mass is 186 g/mol. The summed E-state index contributed by atoms with van der Waals surface area (Å²) in [7, 11) is 1.69. The maximum absolute atomic E-state index is 11.2. The van der Waals surface area contributed by atoms with E-state index in [1.54, 1.807) is 7.05 Å². The minimum Gasteiger partial charge on any atom is -0.348 e. The second-order valence-electron chi connectivity index (χ2n) is 3.08. The van der Waals surface area contributed by atoms with Gasteiger partial charge in [-0.05, 0) is 13.5 Å². The largest absolute Gasteiger partial charge is 0.348 e. The van der Waals surface area contributed by atoms with Gasteiger partial charge in [-0.1, -0.05) is 13.8 Å². The molecule has 0 aromatic rings. The molecule has 4 nitrogen and oxygen atoms in total. The van der Waals surface area contributed by atoms with Crippen LogP contribution >= 0.6 is 0 Å². The summed E-state index contributed by atoms with van der Waals surface area (Å²) in [6, 6.07) is 0. The van der Waals surface area contributed by atoms with E-state index in [1.165, 1.54) is 0 Å². The van der Waals surface area contributed by atoms with Crippen molar-refractivity contribution in [2.24, 2.45) is 5.92 Å². The number of carbonyl (C=O) groups is 2. The van der Waals surface area contributed by atoms with E-state index >= 15 is 0 Å². The van der Waals surface area contributed by atoms with Gasteiger partial charge in [-0.25, -0.2) is 0 Å². The fourth-order valence-electron chi connectivity index (χ4n) is 0.811. The molecule has 0 fully saturated rings. The van der Waals surface area contributed by atoms with Crippen LogP contribution < -0.4 is 10.6 Å². The Morgan fingerprint density at radius 1 is 1.31 bits per heavy atom. The minimum absolute atomic E-state index is 0.0369. The standard InChI is InChI=1S/C9H18N2O2/c1-4-7(2)8(12)5-11-9(13)6-10-3/h7,10H,4-6H2,1-3H3,(H,11,13). The van der Waals surface area contributed by atoms with E-state index in [-0.39, 0.29) is 30.7 Å². The lowest BCUT2D eigenvalue weighted by atomic mass is 10.0. The fourth-order valence-corrected chi connectivity index (χ4v) is 0.811. The summed E-state index contributed by atoms with van der Waals surface area (Å²) < 4.78 is 0. The molecule has 0 rings (SSSR count). The Labute approximate surface area is 79.1 Å². The van der Waals surface area contributed by atoms with Crippen LogP contribution in [0.15, 0.2) is 0 Å². The third kappa shape index (κ3) is 5.36. The van der Waals surface area contributed by atoms with E-state index in [0.717, 1.165) is 6.42 Å². The lowest BCUT2D eigenvalue weighted by Gasteiger charge is -2.08. The predicted molar refractivity (Wildman–Crippen MR) is 51.4 cm³/mol. The maximum Gasteiger partial charge on any atom is 0.234 e. The van der Waals surface area contributed by atoms with Gasteiger partial charge in [0.2, 0.25) is 5.91 Å². The van der Waals surface area contributed by atoms with Crippen LogP contribution in [0.1, 0.15) is 20.3 Å². The molecule has 0 saturated carbocycles. The molecule has 0 spiro atoms. The molecule has 4 heteroatoms. The lowest BCUT2D eigenvalue weighted by molar-refractivity contribution is -0.126. The molecule has 1 unspecified atom stereocenters. The minimum atomic E-state index is -0.140. The predicted octanol–water partition coefficient (Wildman–Crippen LogP) is -0.0628. The lowest BCUT2D eigenvalue weighted by Crippen LogP contribution is -2.37. The zero-order valence-electron chi connectivity index (χ0n) is 8.52. The van der Waals surface area contributed by atoms with Crippen LogP contribution in [-0.4, -0.2) is 31.8 Å². The summed E-state index contributed by atoms with van der Waals surface area (Å²) in [5.74, 6) is -0.0130. The molecule has 0 saturated heterocycles. The number of hydrogen-bond donors (Lipinski definition) is 2. The highest BCUT2D eigenvalue weighted by molar-refractivity contribution is 5.87. The molecule has 0 aromatic carbocycles. The topological polar surface area (TPSA) is 58.2 Å². The first-order valence-electron chi connectivity index (χ1n) is 4.55. The highest BCUT2D eigenvalue weighted by atomic mass is 16.2. The van der Waals surface area contributed by atoms with E-state index in [2.05, 4.69) is 10.6 Å². The fraction of sp³-hybridized carbons (Fsp3) is 0.778. The van der Waals surface area contributed by atoms with E-state index in [4.69, 9.17) is 0 Å². The van der Waals surface area contributed by atoms with Crippen LogP contribution in [0.25, 0.3) is 0 Å². The number of likely N-dealkylation sites (N-methyl/N-ethyl adjacent to an activating group) is 1. The molecule has 0 bridgehead atoms. The van der Waals surface area contributed by atoms with Gasteiger partial charge in [-0.15, -0.1) is 0 Å². The first-order valence-corrected chi connectivity index (χ1v) is 4.55. The Kier molecular flexibility index (Phi) is 6.14. The van der Waals surface area contributed by atoms with Crippen LogP contribution in [-0.2, 0) is 9.59 Å². The van der Waals surface area contributed by atoms with Crippen molar-refractivity contribution in [3.05, 3.63) is 0 Å². The van der Waals surface area contributed by atoms with Gasteiger partial charge in [0, 0.05) is 5.92 Å².